The first-order valence-corrected chi connectivity index (χ1v) is 6.67. The molecule has 0 fully saturated rings. The summed E-state index contributed by atoms with van der Waals surface area (Å²) < 4.78 is 6.85. The van der Waals surface area contributed by atoms with Crippen molar-refractivity contribution < 1.29 is 9.52 Å². The van der Waals surface area contributed by atoms with Crippen molar-refractivity contribution in [1.82, 2.24) is 0 Å². The Kier molecular flexibility index (Phi) is 3.45. The zero-order chi connectivity index (χ0) is 11.9. The first kappa shape index (κ1) is 12.2. The largest absolute Gasteiger partial charge is 0.466 e. The van der Waals surface area contributed by atoms with Crippen LogP contribution >= 0.6 is 38.9 Å². The average Bonchev–Trinajstić information content (AvgIpc) is 2.70. The fourth-order valence-corrected chi connectivity index (χ4v) is 3.31. The minimum absolute atomic E-state index is 0.645. The molecule has 0 spiro atoms. The maximum Gasteiger partial charge on any atom is 0.117 e. The van der Waals surface area contributed by atoms with Crippen molar-refractivity contribution in [3.05, 3.63) is 42.9 Å². The maximum absolute atomic E-state index is 10.2. The van der Waals surface area contributed by atoms with E-state index in [9.17, 15) is 5.11 Å². The lowest BCUT2D eigenvalue weighted by Crippen LogP contribution is -1.96. The van der Waals surface area contributed by atoms with E-state index in [1.807, 2.05) is 26.0 Å². The highest BCUT2D eigenvalue weighted by atomic mass is 79.9. The number of aliphatic hydroxyl groups excluding tert-OH is 1. The Balaban J connectivity index is 2.38. The Hall–Kier alpha value is -0.290. The van der Waals surface area contributed by atoms with Gasteiger partial charge in [-0.2, -0.15) is 0 Å². The van der Waals surface area contributed by atoms with E-state index in [0.29, 0.717) is 4.34 Å². The molecule has 0 radical (unpaired) electrons. The first-order valence-electron chi connectivity index (χ1n) is 4.68. The maximum atomic E-state index is 10.2. The Labute approximate surface area is 111 Å². The Morgan fingerprint density at radius 3 is 2.56 bits per heavy atom. The summed E-state index contributed by atoms with van der Waals surface area (Å²) in [6.07, 6.45) is -0.675. The normalized spacial score (nSPS) is 13.1. The van der Waals surface area contributed by atoms with Gasteiger partial charge in [-0.1, -0.05) is 11.6 Å². The van der Waals surface area contributed by atoms with Crippen LogP contribution in [0.3, 0.4) is 0 Å². The van der Waals surface area contributed by atoms with Gasteiger partial charge in [0.05, 0.1) is 0 Å². The molecule has 16 heavy (non-hydrogen) atoms. The van der Waals surface area contributed by atoms with E-state index in [1.165, 1.54) is 11.3 Å². The third-order valence-corrected chi connectivity index (χ3v) is 4.83. The highest BCUT2D eigenvalue weighted by Gasteiger charge is 2.19. The van der Waals surface area contributed by atoms with Crippen LogP contribution in [0.2, 0.25) is 4.34 Å². The summed E-state index contributed by atoms with van der Waals surface area (Å²) >= 11 is 10.6. The number of halogens is 2. The molecule has 0 aliphatic rings. The number of aryl methyl sites for hydroxylation is 2. The van der Waals surface area contributed by atoms with Crippen molar-refractivity contribution >= 4 is 38.9 Å². The summed E-state index contributed by atoms with van der Waals surface area (Å²) in [5.41, 5.74) is 0.794. The molecule has 2 aromatic heterocycles. The first-order chi connectivity index (χ1) is 7.49. The van der Waals surface area contributed by atoms with Gasteiger partial charge in [-0.05, 0) is 41.9 Å². The van der Waals surface area contributed by atoms with Crippen LogP contribution in [0, 0.1) is 13.8 Å². The van der Waals surface area contributed by atoms with E-state index >= 15 is 0 Å². The minimum atomic E-state index is -0.675. The van der Waals surface area contributed by atoms with Crippen molar-refractivity contribution in [3.63, 3.8) is 0 Å². The highest BCUT2D eigenvalue weighted by Crippen LogP contribution is 2.38. The molecule has 0 saturated heterocycles. The molecular weight excluding hydrogens is 312 g/mol. The van der Waals surface area contributed by atoms with Gasteiger partial charge < -0.3 is 9.52 Å². The molecule has 1 atom stereocenters. The number of hydrogen-bond donors (Lipinski definition) is 1. The second-order valence-corrected chi connectivity index (χ2v) is 6.08. The molecule has 2 aromatic rings. The summed E-state index contributed by atoms with van der Waals surface area (Å²) in [6, 6.07) is 3.68. The van der Waals surface area contributed by atoms with Crippen LogP contribution in [0.1, 0.15) is 28.1 Å². The van der Waals surface area contributed by atoms with Gasteiger partial charge >= 0.3 is 0 Å². The summed E-state index contributed by atoms with van der Waals surface area (Å²) in [6.45, 7) is 3.70. The van der Waals surface area contributed by atoms with Gasteiger partial charge in [-0.15, -0.1) is 11.3 Å². The highest BCUT2D eigenvalue weighted by molar-refractivity contribution is 9.10. The molecule has 5 heteroatoms. The Bertz CT molecular complexity index is 499. The SMILES string of the molecule is Cc1cc(C(O)c2cc(Br)c(Cl)s2)c(C)o1. The van der Waals surface area contributed by atoms with Crippen LogP contribution in [-0.4, -0.2) is 5.11 Å². The predicted molar refractivity (Wildman–Crippen MR) is 69.3 cm³/mol. The molecule has 0 bridgehead atoms. The van der Waals surface area contributed by atoms with Gasteiger partial charge in [0.1, 0.15) is 22.0 Å². The van der Waals surface area contributed by atoms with E-state index in [4.69, 9.17) is 16.0 Å². The lowest BCUT2D eigenvalue weighted by molar-refractivity contribution is 0.221. The second kappa shape index (κ2) is 4.53. The van der Waals surface area contributed by atoms with Gasteiger partial charge in [0.2, 0.25) is 0 Å². The molecule has 0 saturated carbocycles. The van der Waals surface area contributed by atoms with Crippen molar-refractivity contribution in [2.75, 3.05) is 0 Å². The fraction of sp³-hybridized carbons (Fsp3) is 0.273. The standard InChI is InChI=1S/C11H10BrClO2S/c1-5-3-7(6(2)15-5)10(14)9-4-8(12)11(13)16-9/h3-4,10,14H,1-2H3. The van der Waals surface area contributed by atoms with Crippen molar-refractivity contribution in [1.29, 1.82) is 0 Å². The molecule has 2 heterocycles. The summed E-state index contributed by atoms with van der Waals surface area (Å²) in [5.74, 6) is 1.54. The molecule has 2 rings (SSSR count). The van der Waals surface area contributed by atoms with E-state index in [1.54, 1.807) is 0 Å². The fourth-order valence-electron chi connectivity index (χ4n) is 1.57. The number of rotatable bonds is 2. The van der Waals surface area contributed by atoms with Gasteiger partial charge in [-0.3, -0.25) is 0 Å². The second-order valence-electron chi connectivity index (χ2n) is 3.54. The lowest BCUT2D eigenvalue weighted by Gasteiger charge is -2.06. The Morgan fingerprint density at radius 1 is 1.44 bits per heavy atom. The molecule has 1 N–H and O–H groups in total. The lowest BCUT2D eigenvalue weighted by atomic mass is 10.1. The van der Waals surface area contributed by atoms with Crippen LogP contribution in [-0.2, 0) is 0 Å². The zero-order valence-corrected chi connectivity index (χ0v) is 11.9. The number of aliphatic hydroxyl groups is 1. The van der Waals surface area contributed by atoms with Gasteiger partial charge in [-0.25, -0.2) is 0 Å². The molecule has 1 unspecified atom stereocenters. The zero-order valence-electron chi connectivity index (χ0n) is 8.75. The minimum Gasteiger partial charge on any atom is -0.466 e. The van der Waals surface area contributed by atoms with Crippen LogP contribution in [0.5, 0.6) is 0 Å². The molecular formula is C11H10BrClO2S. The van der Waals surface area contributed by atoms with E-state index in [-0.39, 0.29) is 0 Å². The molecule has 0 aromatic carbocycles. The van der Waals surface area contributed by atoms with Crippen molar-refractivity contribution in [2.45, 2.75) is 20.0 Å². The van der Waals surface area contributed by atoms with Gasteiger partial charge in [0, 0.05) is 14.9 Å². The molecule has 0 amide bonds. The molecule has 0 aliphatic heterocycles. The summed E-state index contributed by atoms with van der Waals surface area (Å²) in [4.78, 5) is 0.806. The molecule has 2 nitrogen and oxygen atoms in total. The molecule has 0 aliphatic carbocycles. The monoisotopic (exact) mass is 320 g/mol. The summed E-state index contributed by atoms with van der Waals surface area (Å²) in [7, 11) is 0. The van der Waals surface area contributed by atoms with Crippen molar-refractivity contribution in [3.8, 4) is 0 Å². The van der Waals surface area contributed by atoms with E-state index in [2.05, 4.69) is 15.9 Å². The number of thiophene rings is 1. The Morgan fingerprint density at radius 2 is 2.12 bits per heavy atom. The van der Waals surface area contributed by atoms with Crippen LogP contribution in [0.4, 0.5) is 0 Å². The van der Waals surface area contributed by atoms with Crippen LogP contribution in [0.25, 0.3) is 0 Å². The third kappa shape index (κ3) is 2.20. The number of furan rings is 1. The van der Waals surface area contributed by atoms with Gasteiger partial charge in [0.25, 0.3) is 0 Å². The quantitative estimate of drug-likeness (QED) is 0.886. The van der Waals surface area contributed by atoms with Crippen molar-refractivity contribution in [2.24, 2.45) is 0 Å². The van der Waals surface area contributed by atoms with Crippen LogP contribution < -0.4 is 0 Å². The topological polar surface area (TPSA) is 33.4 Å². The van der Waals surface area contributed by atoms with E-state index in [0.717, 1.165) is 26.4 Å². The van der Waals surface area contributed by atoms with E-state index < -0.39 is 6.10 Å². The summed E-state index contributed by atoms with van der Waals surface area (Å²) in [5, 5.41) is 10.2. The number of hydrogen-bond acceptors (Lipinski definition) is 3. The third-order valence-electron chi connectivity index (χ3n) is 2.31. The molecule has 86 valence electrons. The average molecular weight is 322 g/mol. The van der Waals surface area contributed by atoms with Gasteiger partial charge in [0.15, 0.2) is 0 Å². The van der Waals surface area contributed by atoms with Crippen LogP contribution in [0.15, 0.2) is 21.0 Å². The smallest absolute Gasteiger partial charge is 0.117 e. The predicted octanol–water partition coefficient (Wildman–Crippen LogP) is 4.46.